The van der Waals surface area contributed by atoms with Crippen LogP contribution in [0.3, 0.4) is 0 Å². The largest absolute Gasteiger partial charge is 0.490 e. The third kappa shape index (κ3) is 3.05. The monoisotopic (exact) mass is 310 g/mol. The van der Waals surface area contributed by atoms with E-state index in [0.717, 1.165) is 11.3 Å². The molecule has 0 aromatic heterocycles. The van der Waals surface area contributed by atoms with E-state index in [1.54, 1.807) is 0 Å². The summed E-state index contributed by atoms with van der Waals surface area (Å²) in [5, 5.41) is 9.43. The first-order valence-corrected chi connectivity index (χ1v) is 8.94. The number of ether oxygens (including phenoxy) is 1. The number of fused-ring (bicyclic) bond motifs is 1. The lowest BCUT2D eigenvalue weighted by molar-refractivity contribution is -0.144. The third-order valence-corrected chi connectivity index (χ3v) is 6.18. The lowest BCUT2D eigenvalue weighted by atomic mass is 9.86. The first-order chi connectivity index (χ1) is 9.94. The second-order valence-electron chi connectivity index (χ2n) is 5.90. The van der Waals surface area contributed by atoms with E-state index < -0.39 is 21.7 Å². The van der Waals surface area contributed by atoms with Gasteiger partial charge in [0, 0.05) is 6.42 Å². The van der Waals surface area contributed by atoms with Gasteiger partial charge >= 0.3 is 5.97 Å². The highest BCUT2D eigenvalue weighted by Gasteiger charge is 2.39. The number of para-hydroxylation sites is 1. The fourth-order valence-corrected chi connectivity index (χ4v) is 5.18. The SMILES string of the molecule is O=C(O)C(CC1Cc2ccccc2O1)C1CCS(=O)(=O)C1. The van der Waals surface area contributed by atoms with Gasteiger partial charge in [-0.25, -0.2) is 8.42 Å². The molecule has 0 amide bonds. The topological polar surface area (TPSA) is 80.7 Å². The molecule has 2 aliphatic heterocycles. The number of carboxylic acids is 1. The van der Waals surface area contributed by atoms with Crippen molar-refractivity contribution in [1.82, 2.24) is 0 Å². The third-order valence-electron chi connectivity index (χ3n) is 4.38. The van der Waals surface area contributed by atoms with Crippen molar-refractivity contribution in [3.05, 3.63) is 29.8 Å². The van der Waals surface area contributed by atoms with Gasteiger partial charge in [0.15, 0.2) is 9.84 Å². The average molecular weight is 310 g/mol. The highest BCUT2D eigenvalue weighted by atomic mass is 32.2. The molecule has 3 rings (SSSR count). The summed E-state index contributed by atoms with van der Waals surface area (Å²) in [4.78, 5) is 11.5. The van der Waals surface area contributed by atoms with Crippen LogP contribution >= 0.6 is 0 Å². The molecule has 6 heteroatoms. The Kier molecular flexibility index (Phi) is 3.65. The second kappa shape index (κ2) is 5.33. The second-order valence-corrected chi connectivity index (χ2v) is 8.12. The summed E-state index contributed by atoms with van der Waals surface area (Å²) in [6.45, 7) is 0. The first-order valence-electron chi connectivity index (χ1n) is 7.12. The predicted molar refractivity (Wildman–Crippen MR) is 77.1 cm³/mol. The molecule has 1 aromatic carbocycles. The van der Waals surface area contributed by atoms with Crippen molar-refractivity contribution in [2.45, 2.75) is 25.4 Å². The molecule has 114 valence electrons. The quantitative estimate of drug-likeness (QED) is 0.912. The van der Waals surface area contributed by atoms with Crippen LogP contribution in [0, 0.1) is 11.8 Å². The van der Waals surface area contributed by atoms with Crippen molar-refractivity contribution < 1.29 is 23.1 Å². The Morgan fingerprint density at radius 3 is 2.76 bits per heavy atom. The van der Waals surface area contributed by atoms with Gasteiger partial charge in [-0.15, -0.1) is 0 Å². The van der Waals surface area contributed by atoms with Crippen LogP contribution in [0.15, 0.2) is 24.3 Å². The number of hydrogen-bond acceptors (Lipinski definition) is 4. The number of carboxylic acid groups (broad SMARTS) is 1. The summed E-state index contributed by atoms with van der Waals surface area (Å²) in [5.74, 6) is -0.958. The minimum absolute atomic E-state index is 0.0103. The predicted octanol–water partition coefficient (Wildman–Crippen LogP) is 1.52. The van der Waals surface area contributed by atoms with E-state index >= 15 is 0 Å². The first kappa shape index (κ1) is 14.4. The Balaban J connectivity index is 1.69. The number of rotatable bonds is 4. The maximum absolute atomic E-state index is 11.6. The van der Waals surface area contributed by atoms with Gasteiger partial charge in [0.05, 0.1) is 17.4 Å². The van der Waals surface area contributed by atoms with Crippen LogP contribution in [0.25, 0.3) is 0 Å². The van der Waals surface area contributed by atoms with E-state index in [1.165, 1.54) is 0 Å². The van der Waals surface area contributed by atoms with Crippen molar-refractivity contribution in [2.75, 3.05) is 11.5 Å². The van der Waals surface area contributed by atoms with Crippen molar-refractivity contribution in [2.24, 2.45) is 11.8 Å². The molecular formula is C15H18O5S. The molecule has 1 saturated heterocycles. The van der Waals surface area contributed by atoms with E-state index in [2.05, 4.69) is 0 Å². The Labute approximate surface area is 123 Å². The normalized spacial score (nSPS) is 27.8. The number of benzene rings is 1. The van der Waals surface area contributed by atoms with Gasteiger partial charge in [-0.1, -0.05) is 18.2 Å². The number of hydrogen-bond donors (Lipinski definition) is 1. The Bertz CT molecular complexity index is 627. The summed E-state index contributed by atoms with van der Waals surface area (Å²) in [7, 11) is -3.07. The van der Waals surface area contributed by atoms with Crippen LogP contribution in [0.1, 0.15) is 18.4 Å². The van der Waals surface area contributed by atoms with Crippen LogP contribution in [0.5, 0.6) is 5.75 Å². The van der Waals surface area contributed by atoms with Gasteiger partial charge in [0.1, 0.15) is 11.9 Å². The standard InChI is InChI=1S/C15H18O5S/c16-15(17)13(11-5-6-21(18,19)9-11)8-12-7-10-3-1-2-4-14(10)20-12/h1-4,11-13H,5-9H2,(H,16,17). The maximum atomic E-state index is 11.6. The number of carbonyl (C=O) groups is 1. The Morgan fingerprint density at radius 1 is 1.38 bits per heavy atom. The van der Waals surface area contributed by atoms with Crippen LogP contribution < -0.4 is 4.74 Å². The molecule has 0 bridgehead atoms. The molecule has 5 nitrogen and oxygen atoms in total. The molecule has 0 saturated carbocycles. The zero-order valence-corrected chi connectivity index (χ0v) is 12.4. The lowest BCUT2D eigenvalue weighted by Gasteiger charge is -2.21. The summed E-state index contributed by atoms with van der Waals surface area (Å²) in [6.07, 6.45) is 1.33. The zero-order chi connectivity index (χ0) is 15.0. The molecule has 1 aromatic rings. The van der Waals surface area contributed by atoms with E-state index in [-0.39, 0.29) is 23.5 Å². The average Bonchev–Trinajstić information content (AvgIpc) is 2.98. The highest BCUT2D eigenvalue weighted by molar-refractivity contribution is 7.91. The molecule has 2 aliphatic rings. The van der Waals surface area contributed by atoms with Crippen molar-refractivity contribution in [3.8, 4) is 5.75 Å². The van der Waals surface area contributed by atoms with Crippen LogP contribution in [-0.2, 0) is 21.1 Å². The molecule has 21 heavy (non-hydrogen) atoms. The lowest BCUT2D eigenvalue weighted by Crippen LogP contribution is -2.30. The van der Waals surface area contributed by atoms with Gasteiger partial charge in [0.25, 0.3) is 0 Å². The summed E-state index contributed by atoms with van der Waals surface area (Å²) in [6, 6.07) is 7.68. The van der Waals surface area contributed by atoms with Crippen molar-refractivity contribution in [1.29, 1.82) is 0 Å². The molecule has 3 unspecified atom stereocenters. The number of sulfone groups is 1. The fourth-order valence-electron chi connectivity index (χ4n) is 3.30. The molecule has 0 radical (unpaired) electrons. The molecule has 0 aliphatic carbocycles. The van der Waals surface area contributed by atoms with Gasteiger partial charge in [-0.3, -0.25) is 4.79 Å². The molecule has 1 N–H and O–H groups in total. The van der Waals surface area contributed by atoms with E-state index in [1.807, 2.05) is 24.3 Å². The molecule has 3 atom stereocenters. The van der Waals surface area contributed by atoms with Crippen molar-refractivity contribution in [3.63, 3.8) is 0 Å². The van der Waals surface area contributed by atoms with E-state index in [4.69, 9.17) is 4.74 Å². The van der Waals surface area contributed by atoms with Gasteiger partial charge in [-0.05, 0) is 30.4 Å². The number of aliphatic carboxylic acids is 1. The van der Waals surface area contributed by atoms with Crippen molar-refractivity contribution >= 4 is 15.8 Å². The summed E-state index contributed by atoms with van der Waals surface area (Å²) in [5.41, 5.74) is 1.09. The fraction of sp³-hybridized carbons (Fsp3) is 0.533. The van der Waals surface area contributed by atoms with Crippen LogP contribution in [0.4, 0.5) is 0 Å². The Hall–Kier alpha value is -1.56. The molecular weight excluding hydrogens is 292 g/mol. The van der Waals surface area contributed by atoms with Gasteiger partial charge < -0.3 is 9.84 Å². The molecule has 0 spiro atoms. The minimum Gasteiger partial charge on any atom is -0.490 e. The van der Waals surface area contributed by atoms with E-state index in [0.29, 0.717) is 19.3 Å². The Morgan fingerprint density at radius 2 is 2.14 bits per heavy atom. The smallest absolute Gasteiger partial charge is 0.306 e. The summed E-state index contributed by atoms with van der Waals surface area (Å²) < 4.78 is 28.9. The zero-order valence-electron chi connectivity index (χ0n) is 11.6. The summed E-state index contributed by atoms with van der Waals surface area (Å²) >= 11 is 0. The molecule has 2 heterocycles. The van der Waals surface area contributed by atoms with Crippen LogP contribution in [-0.4, -0.2) is 37.1 Å². The minimum atomic E-state index is -3.07. The van der Waals surface area contributed by atoms with Gasteiger partial charge in [0.2, 0.25) is 0 Å². The van der Waals surface area contributed by atoms with Gasteiger partial charge in [-0.2, -0.15) is 0 Å². The molecule has 1 fully saturated rings. The maximum Gasteiger partial charge on any atom is 0.306 e. The van der Waals surface area contributed by atoms with E-state index in [9.17, 15) is 18.3 Å². The van der Waals surface area contributed by atoms with Crippen LogP contribution in [0.2, 0.25) is 0 Å². The highest BCUT2D eigenvalue weighted by Crippen LogP contribution is 2.35.